The zero-order chi connectivity index (χ0) is 26.2. The van der Waals surface area contributed by atoms with Crippen LogP contribution in [-0.4, -0.2) is 53.0 Å². The van der Waals surface area contributed by atoms with E-state index in [1.807, 2.05) is 0 Å². The van der Waals surface area contributed by atoms with Gasteiger partial charge in [-0.3, -0.25) is 9.59 Å². The monoisotopic (exact) mass is 520 g/mol. The number of carbonyl (C=O) groups is 4. The fourth-order valence-electron chi connectivity index (χ4n) is 4.68. The molecule has 204 valence electrons. The number of aliphatic carboxylic acids is 1. The van der Waals surface area contributed by atoms with Gasteiger partial charge in [0.25, 0.3) is 0 Å². The summed E-state index contributed by atoms with van der Waals surface area (Å²) in [6, 6.07) is 0. The molecule has 11 heteroatoms. The van der Waals surface area contributed by atoms with Crippen LogP contribution in [0.5, 0.6) is 0 Å². The summed E-state index contributed by atoms with van der Waals surface area (Å²) in [4.78, 5) is 52.8. The number of aromatic nitrogens is 2. The van der Waals surface area contributed by atoms with Gasteiger partial charge in [0, 0.05) is 17.8 Å². The normalized spacial score (nSPS) is 23.0. The number of nitrogens with zero attached hydrogens (tertiary/aromatic N) is 2. The number of esters is 2. The highest BCUT2D eigenvalue weighted by Gasteiger charge is 2.30. The molecule has 2 aromatic rings. The van der Waals surface area contributed by atoms with Gasteiger partial charge in [0.1, 0.15) is 18.3 Å². The van der Waals surface area contributed by atoms with E-state index in [1.54, 1.807) is 6.92 Å². The Kier molecular flexibility index (Phi) is 11.0. The van der Waals surface area contributed by atoms with Gasteiger partial charge in [-0.2, -0.15) is 0 Å². The van der Waals surface area contributed by atoms with Gasteiger partial charge in [-0.05, 0) is 58.3 Å². The molecule has 2 fully saturated rings. The lowest BCUT2D eigenvalue weighted by Crippen LogP contribution is -2.20. The second kappa shape index (κ2) is 13.7. The lowest BCUT2D eigenvalue weighted by atomic mass is 9.80. The quantitative estimate of drug-likeness (QED) is 0.522. The van der Waals surface area contributed by atoms with Crippen molar-refractivity contribution in [2.24, 2.45) is 11.8 Å². The lowest BCUT2D eigenvalue weighted by Gasteiger charge is -2.24. The second-order valence-electron chi connectivity index (χ2n) is 9.17. The number of ketones is 1. The van der Waals surface area contributed by atoms with Gasteiger partial charge in [-0.15, -0.1) is 0 Å². The summed E-state index contributed by atoms with van der Waals surface area (Å²) in [5.74, 6) is -0.193. The van der Waals surface area contributed by atoms with Gasteiger partial charge >= 0.3 is 17.9 Å². The highest BCUT2D eigenvalue weighted by Crippen LogP contribution is 2.36. The van der Waals surface area contributed by atoms with E-state index < -0.39 is 17.9 Å². The Labute approximate surface area is 215 Å². The van der Waals surface area contributed by atoms with Crippen LogP contribution in [0.25, 0.3) is 0 Å². The predicted molar refractivity (Wildman–Crippen MR) is 130 cm³/mol. The molecule has 0 aliphatic heterocycles. The zero-order valence-electron chi connectivity index (χ0n) is 20.7. The maximum absolute atomic E-state index is 11.3. The minimum absolute atomic E-state index is 0. The molecule has 2 saturated carbocycles. The summed E-state index contributed by atoms with van der Waals surface area (Å²) < 4.78 is 19.7. The number of Topliss-reactive ketones (excluding diaryl/α,β-unsaturated/α-hetero) is 1. The fourth-order valence-corrected chi connectivity index (χ4v) is 4.68. The molecular weight excluding hydrogens is 484 g/mol. The van der Waals surface area contributed by atoms with Gasteiger partial charge < -0.3 is 23.4 Å². The molecule has 11 nitrogen and oxygen atoms in total. The molecule has 2 heterocycles. The van der Waals surface area contributed by atoms with E-state index in [0.29, 0.717) is 24.6 Å². The van der Waals surface area contributed by atoms with Gasteiger partial charge in [-0.1, -0.05) is 7.43 Å². The Bertz CT molecular complexity index is 974. The topological polar surface area (TPSA) is 159 Å². The number of carbonyl (C=O) groups excluding carboxylic acids is 3. The molecule has 0 spiro atoms. The molecule has 0 aromatic carbocycles. The van der Waals surface area contributed by atoms with Crippen LogP contribution < -0.4 is 0 Å². The number of ether oxygens (including phenoxy) is 2. The van der Waals surface area contributed by atoms with Gasteiger partial charge in [0.05, 0.1) is 20.1 Å². The van der Waals surface area contributed by atoms with Crippen LogP contribution in [0.1, 0.15) is 110 Å². The maximum Gasteiger partial charge on any atom is 0.360 e. The standard InChI is InChI=1S/C13H17NO4.C12H15NO5.CH4/c1-8(15)9-3-5-10(6-4-9)12-14-11(7-18-12)13(16)17-2;1-17-12(16)9-6-18-10(13-9)7-2-4-8(5-3-7)11(14)15;/h7,9-10H,3-6H2,1-2H3;6-8H,2-5H2,1H3,(H,14,15);1H4. The van der Waals surface area contributed by atoms with E-state index in [-0.39, 0.29) is 48.3 Å². The Morgan fingerprint density at radius 1 is 0.757 bits per heavy atom. The Hall–Kier alpha value is -3.50. The van der Waals surface area contributed by atoms with E-state index in [0.717, 1.165) is 38.5 Å². The van der Waals surface area contributed by atoms with E-state index in [9.17, 15) is 19.2 Å². The van der Waals surface area contributed by atoms with E-state index in [4.69, 9.17) is 13.9 Å². The summed E-state index contributed by atoms with van der Waals surface area (Å²) in [6.45, 7) is 1.64. The van der Waals surface area contributed by atoms with Crippen molar-refractivity contribution in [1.29, 1.82) is 0 Å². The number of hydrogen-bond acceptors (Lipinski definition) is 10. The molecule has 37 heavy (non-hydrogen) atoms. The molecule has 2 aliphatic rings. The minimum Gasteiger partial charge on any atom is -0.481 e. The van der Waals surface area contributed by atoms with Gasteiger partial charge in [-0.25, -0.2) is 19.6 Å². The number of carboxylic acid groups (broad SMARTS) is 1. The molecule has 0 radical (unpaired) electrons. The Balaban J connectivity index is 0.000000253. The van der Waals surface area contributed by atoms with Crippen LogP contribution in [0.4, 0.5) is 0 Å². The predicted octanol–water partition coefficient (Wildman–Crippen LogP) is 4.78. The van der Waals surface area contributed by atoms with Crippen molar-refractivity contribution in [1.82, 2.24) is 9.97 Å². The fraction of sp³-hybridized carbons (Fsp3) is 0.615. The first-order valence-electron chi connectivity index (χ1n) is 12.0. The van der Waals surface area contributed by atoms with E-state index in [2.05, 4.69) is 19.4 Å². The Morgan fingerprint density at radius 3 is 1.46 bits per heavy atom. The minimum atomic E-state index is -0.740. The third-order valence-electron chi connectivity index (χ3n) is 6.91. The summed E-state index contributed by atoms with van der Waals surface area (Å²) in [5, 5.41) is 8.90. The number of carboxylic acids is 1. The number of methoxy groups -OCH3 is 2. The van der Waals surface area contributed by atoms with Crippen molar-refractivity contribution in [3.05, 3.63) is 35.7 Å². The van der Waals surface area contributed by atoms with Gasteiger partial charge in [0.2, 0.25) is 0 Å². The number of oxazole rings is 2. The SMILES string of the molecule is C.COC(=O)c1coc(C2CCC(C(=O)O)CC2)n1.COC(=O)c1coc(C2CCC(C(C)=O)CC2)n1. The number of rotatable bonds is 6. The van der Waals surface area contributed by atoms with Crippen molar-refractivity contribution in [3.8, 4) is 0 Å². The second-order valence-corrected chi connectivity index (χ2v) is 9.17. The van der Waals surface area contributed by atoms with Crippen molar-refractivity contribution < 1.29 is 42.6 Å². The first-order valence-corrected chi connectivity index (χ1v) is 12.0. The third kappa shape index (κ3) is 7.74. The van der Waals surface area contributed by atoms with Crippen molar-refractivity contribution in [2.45, 2.75) is 77.6 Å². The third-order valence-corrected chi connectivity index (χ3v) is 6.91. The summed E-state index contributed by atoms with van der Waals surface area (Å²) >= 11 is 0. The lowest BCUT2D eigenvalue weighted by molar-refractivity contribution is -0.142. The zero-order valence-corrected chi connectivity index (χ0v) is 20.7. The molecule has 1 N–H and O–H groups in total. The number of hydrogen-bond donors (Lipinski definition) is 1. The molecule has 0 unspecified atom stereocenters. The molecule has 2 aliphatic carbocycles. The highest BCUT2D eigenvalue weighted by molar-refractivity contribution is 5.87. The van der Waals surface area contributed by atoms with Crippen LogP contribution in [0, 0.1) is 11.8 Å². The molecule has 2 aromatic heterocycles. The molecule has 0 atom stereocenters. The van der Waals surface area contributed by atoms with E-state index in [1.165, 1.54) is 26.7 Å². The maximum atomic E-state index is 11.3. The molecular formula is C26H36N2O9. The smallest absolute Gasteiger partial charge is 0.360 e. The highest BCUT2D eigenvalue weighted by atomic mass is 16.5. The molecule has 0 amide bonds. The van der Waals surface area contributed by atoms with Crippen LogP contribution in [-0.2, 0) is 19.1 Å². The largest absolute Gasteiger partial charge is 0.481 e. The molecule has 0 bridgehead atoms. The molecule has 4 rings (SSSR count). The average Bonchev–Trinajstić information content (AvgIpc) is 3.59. The van der Waals surface area contributed by atoms with Crippen LogP contribution in [0.3, 0.4) is 0 Å². The first kappa shape index (κ1) is 29.7. The van der Waals surface area contributed by atoms with Crippen molar-refractivity contribution >= 4 is 23.7 Å². The van der Waals surface area contributed by atoms with Crippen molar-refractivity contribution in [3.63, 3.8) is 0 Å². The molecule has 0 saturated heterocycles. The first-order chi connectivity index (χ1) is 17.2. The summed E-state index contributed by atoms with van der Waals surface area (Å²) in [7, 11) is 2.60. The average molecular weight is 521 g/mol. The van der Waals surface area contributed by atoms with Gasteiger partial charge in [0.15, 0.2) is 23.2 Å². The Morgan fingerprint density at radius 2 is 1.14 bits per heavy atom. The van der Waals surface area contributed by atoms with Crippen molar-refractivity contribution in [2.75, 3.05) is 14.2 Å². The van der Waals surface area contributed by atoms with Crippen LogP contribution in [0.2, 0.25) is 0 Å². The van der Waals surface area contributed by atoms with Crippen LogP contribution in [0.15, 0.2) is 21.4 Å². The van der Waals surface area contributed by atoms with Crippen LogP contribution >= 0.6 is 0 Å². The summed E-state index contributed by atoms with van der Waals surface area (Å²) in [5.41, 5.74) is 0.369. The van der Waals surface area contributed by atoms with E-state index >= 15 is 0 Å². The summed E-state index contributed by atoms with van der Waals surface area (Å²) in [6.07, 6.45) is 8.80.